The summed E-state index contributed by atoms with van der Waals surface area (Å²) in [5, 5.41) is 0. The van der Waals surface area contributed by atoms with Crippen LogP contribution in [-0.4, -0.2) is 26.1 Å². The Morgan fingerprint density at radius 3 is 2.71 bits per heavy atom. The number of imidazole rings is 1. The van der Waals surface area contributed by atoms with Gasteiger partial charge in [0.25, 0.3) is 0 Å². The summed E-state index contributed by atoms with van der Waals surface area (Å²) in [5.41, 5.74) is 8.31. The van der Waals surface area contributed by atoms with E-state index in [0.29, 0.717) is 30.1 Å². The molecule has 0 saturated heterocycles. The summed E-state index contributed by atoms with van der Waals surface area (Å²) in [5.74, 6) is 0.331. The van der Waals surface area contributed by atoms with Crippen molar-refractivity contribution in [2.75, 3.05) is 12.3 Å². The van der Waals surface area contributed by atoms with Crippen molar-refractivity contribution in [1.82, 2.24) is 19.5 Å². The predicted octanol–water partition coefficient (Wildman–Crippen LogP) is 2.62. The van der Waals surface area contributed by atoms with Gasteiger partial charge >= 0.3 is 6.01 Å². The van der Waals surface area contributed by atoms with Gasteiger partial charge in [-0.3, -0.25) is 0 Å². The normalized spacial score (nSPS) is 11.0. The second-order valence-corrected chi connectivity index (χ2v) is 5.41. The van der Waals surface area contributed by atoms with Crippen molar-refractivity contribution in [3.05, 3.63) is 40.6 Å². The fourth-order valence-electron chi connectivity index (χ4n) is 2.04. The standard InChI is InChI=1S/C14H14BrN5O/c1-2-21-14-18-12(16)11-13(19-14)20(8-17-11)7-9-3-5-10(15)6-4-9/h3-6,8H,2,7H2,1H3,(H2,16,18,19). The maximum Gasteiger partial charge on any atom is 0.320 e. The molecular weight excluding hydrogens is 334 g/mol. The summed E-state index contributed by atoms with van der Waals surface area (Å²) in [4.78, 5) is 12.7. The maximum absolute atomic E-state index is 5.90. The van der Waals surface area contributed by atoms with Crippen LogP contribution in [0.15, 0.2) is 35.1 Å². The Kier molecular flexibility index (Phi) is 3.74. The molecule has 21 heavy (non-hydrogen) atoms. The van der Waals surface area contributed by atoms with Gasteiger partial charge in [-0.05, 0) is 24.6 Å². The molecule has 0 aliphatic carbocycles. The van der Waals surface area contributed by atoms with E-state index in [1.807, 2.05) is 35.8 Å². The third-order valence-corrected chi connectivity index (χ3v) is 3.54. The molecule has 1 aromatic carbocycles. The number of rotatable bonds is 4. The van der Waals surface area contributed by atoms with E-state index in [2.05, 4.69) is 30.9 Å². The monoisotopic (exact) mass is 347 g/mol. The van der Waals surface area contributed by atoms with Gasteiger partial charge in [0.2, 0.25) is 0 Å². The summed E-state index contributed by atoms with van der Waals surface area (Å²) >= 11 is 3.43. The van der Waals surface area contributed by atoms with Crippen LogP contribution in [0.25, 0.3) is 11.2 Å². The van der Waals surface area contributed by atoms with E-state index in [1.165, 1.54) is 0 Å². The minimum atomic E-state index is 0.278. The molecule has 2 aromatic heterocycles. The number of fused-ring (bicyclic) bond motifs is 1. The Morgan fingerprint density at radius 2 is 2.00 bits per heavy atom. The van der Waals surface area contributed by atoms with Gasteiger partial charge in [0.1, 0.15) is 0 Å². The van der Waals surface area contributed by atoms with Gasteiger partial charge in [-0.2, -0.15) is 9.97 Å². The van der Waals surface area contributed by atoms with Crippen LogP contribution < -0.4 is 10.5 Å². The van der Waals surface area contributed by atoms with E-state index in [9.17, 15) is 0 Å². The number of nitrogen functional groups attached to an aromatic ring is 1. The van der Waals surface area contributed by atoms with E-state index in [1.54, 1.807) is 6.33 Å². The second kappa shape index (κ2) is 5.69. The molecule has 108 valence electrons. The molecule has 2 N–H and O–H groups in total. The largest absolute Gasteiger partial charge is 0.464 e. The number of hydrogen-bond acceptors (Lipinski definition) is 5. The third kappa shape index (κ3) is 2.82. The molecule has 3 aromatic rings. The van der Waals surface area contributed by atoms with Gasteiger partial charge < -0.3 is 15.0 Å². The maximum atomic E-state index is 5.90. The van der Waals surface area contributed by atoms with E-state index >= 15 is 0 Å². The molecule has 2 heterocycles. The summed E-state index contributed by atoms with van der Waals surface area (Å²) < 4.78 is 8.31. The summed E-state index contributed by atoms with van der Waals surface area (Å²) in [7, 11) is 0. The van der Waals surface area contributed by atoms with Gasteiger partial charge in [-0.1, -0.05) is 28.1 Å². The molecule has 0 aliphatic rings. The molecule has 0 unspecified atom stereocenters. The molecule has 0 saturated carbocycles. The highest BCUT2D eigenvalue weighted by molar-refractivity contribution is 9.10. The lowest BCUT2D eigenvalue weighted by atomic mass is 10.2. The SMILES string of the molecule is CCOc1nc(N)c2ncn(Cc3ccc(Br)cc3)c2n1. The number of hydrogen-bond donors (Lipinski definition) is 1. The zero-order valence-corrected chi connectivity index (χ0v) is 13.0. The van der Waals surface area contributed by atoms with Crippen molar-refractivity contribution in [3.8, 4) is 6.01 Å². The molecular formula is C14H14BrN5O. The quantitative estimate of drug-likeness (QED) is 0.784. The molecule has 3 rings (SSSR count). The smallest absolute Gasteiger partial charge is 0.320 e. The van der Waals surface area contributed by atoms with Crippen molar-refractivity contribution in [2.45, 2.75) is 13.5 Å². The number of ether oxygens (including phenoxy) is 1. The number of nitrogens with zero attached hydrogens (tertiary/aromatic N) is 4. The van der Waals surface area contributed by atoms with Gasteiger partial charge in [0.05, 0.1) is 19.5 Å². The van der Waals surface area contributed by atoms with Crippen molar-refractivity contribution >= 4 is 32.9 Å². The van der Waals surface area contributed by atoms with Crippen LogP contribution in [0.4, 0.5) is 5.82 Å². The van der Waals surface area contributed by atoms with Crippen LogP contribution in [0, 0.1) is 0 Å². The first-order valence-corrected chi connectivity index (χ1v) is 7.32. The molecule has 0 bridgehead atoms. The molecule has 0 atom stereocenters. The van der Waals surface area contributed by atoms with Crippen LogP contribution in [0.2, 0.25) is 0 Å². The average molecular weight is 348 g/mol. The van der Waals surface area contributed by atoms with Crippen LogP contribution in [0.1, 0.15) is 12.5 Å². The zero-order valence-electron chi connectivity index (χ0n) is 11.5. The first-order valence-electron chi connectivity index (χ1n) is 6.53. The number of nitrogens with two attached hydrogens (primary N) is 1. The average Bonchev–Trinajstić information content (AvgIpc) is 2.86. The zero-order chi connectivity index (χ0) is 14.8. The highest BCUT2D eigenvalue weighted by atomic mass is 79.9. The summed E-state index contributed by atoms with van der Waals surface area (Å²) in [6.45, 7) is 3.03. The highest BCUT2D eigenvalue weighted by Crippen LogP contribution is 2.20. The van der Waals surface area contributed by atoms with Crippen molar-refractivity contribution < 1.29 is 4.74 Å². The van der Waals surface area contributed by atoms with E-state index < -0.39 is 0 Å². The highest BCUT2D eigenvalue weighted by Gasteiger charge is 2.12. The number of benzene rings is 1. The van der Waals surface area contributed by atoms with E-state index in [0.717, 1.165) is 10.0 Å². The van der Waals surface area contributed by atoms with Crippen molar-refractivity contribution in [3.63, 3.8) is 0 Å². The lowest BCUT2D eigenvalue weighted by Crippen LogP contribution is -2.04. The predicted molar refractivity (Wildman–Crippen MR) is 84.1 cm³/mol. The minimum Gasteiger partial charge on any atom is -0.464 e. The molecule has 0 fully saturated rings. The lowest BCUT2D eigenvalue weighted by Gasteiger charge is -2.06. The van der Waals surface area contributed by atoms with Gasteiger partial charge in [-0.25, -0.2) is 4.98 Å². The molecule has 0 spiro atoms. The fraction of sp³-hybridized carbons (Fsp3) is 0.214. The Hall–Kier alpha value is -2.15. The van der Waals surface area contributed by atoms with Crippen molar-refractivity contribution in [2.24, 2.45) is 0 Å². The van der Waals surface area contributed by atoms with Gasteiger partial charge in [-0.15, -0.1) is 0 Å². The van der Waals surface area contributed by atoms with Gasteiger partial charge in [0.15, 0.2) is 17.0 Å². The number of halogens is 1. The molecule has 6 nitrogen and oxygen atoms in total. The van der Waals surface area contributed by atoms with Crippen LogP contribution in [0.3, 0.4) is 0 Å². The number of anilines is 1. The number of aromatic nitrogens is 4. The van der Waals surface area contributed by atoms with E-state index in [4.69, 9.17) is 10.5 Å². The van der Waals surface area contributed by atoms with Crippen molar-refractivity contribution in [1.29, 1.82) is 0 Å². The topological polar surface area (TPSA) is 78.9 Å². The molecule has 7 heteroatoms. The third-order valence-electron chi connectivity index (χ3n) is 3.01. The Balaban J connectivity index is 2.00. The summed E-state index contributed by atoms with van der Waals surface area (Å²) in [6.07, 6.45) is 1.72. The molecule has 0 radical (unpaired) electrons. The molecule has 0 aliphatic heterocycles. The van der Waals surface area contributed by atoms with Crippen LogP contribution in [-0.2, 0) is 6.54 Å². The fourth-order valence-corrected chi connectivity index (χ4v) is 2.31. The van der Waals surface area contributed by atoms with Gasteiger partial charge in [0, 0.05) is 4.47 Å². The first kappa shape index (κ1) is 13.8. The summed E-state index contributed by atoms with van der Waals surface area (Å²) in [6, 6.07) is 8.38. The van der Waals surface area contributed by atoms with Crippen LogP contribution in [0.5, 0.6) is 6.01 Å². The lowest BCUT2D eigenvalue weighted by molar-refractivity contribution is 0.314. The Morgan fingerprint density at radius 1 is 1.24 bits per heavy atom. The van der Waals surface area contributed by atoms with Crippen LogP contribution >= 0.6 is 15.9 Å². The second-order valence-electron chi connectivity index (χ2n) is 4.50. The first-order chi connectivity index (χ1) is 10.2. The molecule has 0 amide bonds. The Labute approximate surface area is 130 Å². The minimum absolute atomic E-state index is 0.278. The Bertz CT molecular complexity index is 769. The van der Waals surface area contributed by atoms with E-state index in [-0.39, 0.29) is 6.01 Å².